The van der Waals surface area contributed by atoms with E-state index in [9.17, 15) is 9.65 Å². The van der Waals surface area contributed by atoms with Crippen molar-refractivity contribution in [3.05, 3.63) is 81.6 Å². The Labute approximate surface area is 302 Å². The molecule has 51 heavy (non-hydrogen) atoms. The lowest BCUT2D eigenvalue weighted by atomic mass is 9.78. The minimum Gasteiger partial charge on any atom is -0.398 e. The molecular formula is C41H52FN9. The normalized spacial score (nSPS) is 22.7. The van der Waals surface area contributed by atoms with E-state index in [1.807, 2.05) is 31.2 Å². The Balaban J connectivity index is 0.000000347. The first kappa shape index (κ1) is 35.1. The second kappa shape index (κ2) is 14.7. The molecule has 2 saturated heterocycles. The standard InChI is InChI=1S/C33H38N8.C8H14FN/c1-4-8-22-12-14-27(35)26(19-34)32(22)23-11-13-25-29(17-23)37-31(5-2)38-33(25)40-15-7-16-41-24(20-40)18-30(39-41)28-10-6-9-21(3)36-28;1-8-3-2-4-10(8)6-7(9)5-8/h6,9-10,12,14,18,23H,4-5,7-8,11,13,15-17,20,35H2,1-3H3;7H,2-6H2,1H3. The maximum atomic E-state index is 12.8. The van der Waals surface area contributed by atoms with Crippen LogP contribution in [0.3, 0.4) is 0 Å². The van der Waals surface area contributed by atoms with Gasteiger partial charge in [-0.25, -0.2) is 14.4 Å². The molecule has 1 aliphatic carbocycles. The summed E-state index contributed by atoms with van der Waals surface area (Å²) in [7, 11) is 0. The summed E-state index contributed by atoms with van der Waals surface area (Å²) in [5.41, 5.74) is 16.5. The van der Waals surface area contributed by atoms with Crippen LogP contribution in [0.2, 0.25) is 0 Å². The van der Waals surface area contributed by atoms with Crippen molar-refractivity contribution >= 4 is 11.5 Å². The van der Waals surface area contributed by atoms with Crippen molar-refractivity contribution in [2.24, 2.45) is 0 Å². The Hall–Kier alpha value is -4.36. The molecule has 4 aliphatic rings. The summed E-state index contributed by atoms with van der Waals surface area (Å²) < 4.78 is 15.0. The summed E-state index contributed by atoms with van der Waals surface area (Å²) in [6, 6.07) is 14.7. The van der Waals surface area contributed by atoms with Gasteiger partial charge >= 0.3 is 0 Å². The van der Waals surface area contributed by atoms with Crippen LogP contribution in [0.4, 0.5) is 15.9 Å². The number of pyridine rings is 1. The van der Waals surface area contributed by atoms with Gasteiger partial charge in [0.2, 0.25) is 0 Å². The van der Waals surface area contributed by atoms with Crippen LogP contribution in [-0.4, -0.2) is 61.0 Å². The number of hydrogen-bond acceptors (Lipinski definition) is 8. The van der Waals surface area contributed by atoms with E-state index in [2.05, 4.69) is 53.5 Å². The van der Waals surface area contributed by atoms with Gasteiger partial charge in [0.15, 0.2) is 0 Å². The Morgan fingerprint density at radius 3 is 2.69 bits per heavy atom. The number of fused-ring (bicyclic) bond motifs is 3. The van der Waals surface area contributed by atoms with Gasteiger partial charge in [0.25, 0.3) is 0 Å². The fourth-order valence-electron chi connectivity index (χ4n) is 8.93. The molecule has 3 aliphatic heterocycles. The highest BCUT2D eigenvalue weighted by Gasteiger charge is 2.44. The number of halogens is 1. The van der Waals surface area contributed by atoms with Gasteiger partial charge in [-0.15, -0.1) is 0 Å². The van der Waals surface area contributed by atoms with Gasteiger partial charge < -0.3 is 10.6 Å². The third-order valence-electron chi connectivity index (χ3n) is 11.5. The highest BCUT2D eigenvalue weighted by Crippen LogP contribution is 2.41. The van der Waals surface area contributed by atoms with Crippen molar-refractivity contribution in [2.45, 2.75) is 123 Å². The van der Waals surface area contributed by atoms with E-state index in [1.165, 1.54) is 29.7 Å². The summed E-state index contributed by atoms with van der Waals surface area (Å²) >= 11 is 0. The van der Waals surface area contributed by atoms with Crippen LogP contribution in [0.15, 0.2) is 36.4 Å². The monoisotopic (exact) mass is 689 g/mol. The van der Waals surface area contributed by atoms with E-state index in [-0.39, 0.29) is 11.5 Å². The zero-order valence-electron chi connectivity index (χ0n) is 30.8. The van der Waals surface area contributed by atoms with Crippen LogP contribution >= 0.6 is 0 Å². The van der Waals surface area contributed by atoms with Crippen LogP contribution < -0.4 is 10.6 Å². The second-order valence-corrected chi connectivity index (χ2v) is 15.2. The van der Waals surface area contributed by atoms with E-state index in [0.29, 0.717) is 17.8 Å². The fourth-order valence-corrected chi connectivity index (χ4v) is 8.93. The number of nitrogens with two attached hydrogens (primary N) is 1. The largest absolute Gasteiger partial charge is 0.398 e. The molecule has 9 nitrogen and oxygen atoms in total. The molecule has 3 unspecified atom stereocenters. The Bertz CT molecular complexity index is 1930. The molecule has 2 N–H and O–H groups in total. The molecule has 3 aromatic heterocycles. The molecule has 268 valence electrons. The van der Waals surface area contributed by atoms with Crippen molar-refractivity contribution in [2.75, 3.05) is 30.3 Å². The quantitative estimate of drug-likeness (QED) is 0.210. The van der Waals surface area contributed by atoms with Crippen LogP contribution in [0.25, 0.3) is 11.4 Å². The van der Waals surface area contributed by atoms with Gasteiger partial charge in [0.05, 0.1) is 29.2 Å². The van der Waals surface area contributed by atoms with Crippen molar-refractivity contribution in [1.29, 1.82) is 5.26 Å². The molecule has 0 amide bonds. The number of anilines is 2. The van der Waals surface area contributed by atoms with Gasteiger partial charge in [-0.3, -0.25) is 14.6 Å². The Kier molecular flexibility index (Phi) is 10.1. The van der Waals surface area contributed by atoms with Crippen LogP contribution in [0.1, 0.15) is 110 Å². The molecule has 0 saturated carbocycles. The number of nitrogen functional groups attached to an aromatic ring is 1. The number of benzene rings is 1. The van der Waals surface area contributed by atoms with Crippen molar-refractivity contribution < 1.29 is 4.39 Å². The Morgan fingerprint density at radius 2 is 1.92 bits per heavy atom. The van der Waals surface area contributed by atoms with Crippen LogP contribution in [-0.2, 0) is 38.8 Å². The zero-order valence-corrected chi connectivity index (χ0v) is 30.8. The molecule has 1 aromatic carbocycles. The number of rotatable bonds is 6. The topological polar surface area (TPSA) is 113 Å². The minimum atomic E-state index is -0.551. The average Bonchev–Trinajstić information content (AvgIpc) is 3.73. The lowest BCUT2D eigenvalue weighted by Gasteiger charge is -2.31. The third kappa shape index (κ3) is 7.10. The highest BCUT2D eigenvalue weighted by molar-refractivity contribution is 5.62. The number of nitriles is 1. The summed E-state index contributed by atoms with van der Waals surface area (Å²) in [4.78, 5) is 19.6. The summed E-state index contributed by atoms with van der Waals surface area (Å²) in [5, 5.41) is 15.0. The lowest BCUT2D eigenvalue weighted by Crippen LogP contribution is -2.34. The first-order valence-corrected chi connectivity index (χ1v) is 19.0. The third-order valence-corrected chi connectivity index (χ3v) is 11.5. The molecule has 2 fully saturated rings. The minimum absolute atomic E-state index is 0.226. The van der Waals surface area contributed by atoms with Gasteiger partial charge in [-0.1, -0.05) is 32.4 Å². The average molecular weight is 690 g/mol. The number of aryl methyl sites for hydroxylation is 4. The fraction of sp³-hybridized carbons (Fsp3) is 0.537. The van der Waals surface area contributed by atoms with Crippen LogP contribution in [0.5, 0.6) is 0 Å². The molecular weight excluding hydrogens is 638 g/mol. The van der Waals surface area contributed by atoms with Crippen LogP contribution in [0, 0.1) is 18.3 Å². The second-order valence-electron chi connectivity index (χ2n) is 15.2. The van der Waals surface area contributed by atoms with E-state index in [1.54, 1.807) is 0 Å². The van der Waals surface area contributed by atoms with Crippen molar-refractivity contribution in [3.63, 3.8) is 0 Å². The SMILES string of the molecule is CC12CCCN1CC(F)C2.CCCc1ccc(N)c(C#N)c1C1CCc2c(nc(CC)nc2N2CCCn3nc(-c4cccc(C)n4)cc3C2)C1. The van der Waals surface area contributed by atoms with Gasteiger partial charge in [0, 0.05) is 48.5 Å². The predicted molar refractivity (Wildman–Crippen MR) is 200 cm³/mol. The maximum absolute atomic E-state index is 12.8. The lowest BCUT2D eigenvalue weighted by molar-refractivity contribution is 0.217. The molecule has 3 atom stereocenters. The van der Waals surface area contributed by atoms with E-state index < -0.39 is 6.17 Å². The smallest absolute Gasteiger partial charge is 0.136 e. The highest BCUT2D eigenvalue weighted by atomic mass is 19.1. The zero-order chi connectivity index (χ0) is 35.7. The molecule has 10 heteroatoms. The van der Waals surface area contributed by atoms with Gasteiger partial charge in [-0.2, -0.15) is 10.4 Å². The first-order chi connectivity index (χ1) is 24.7. The Morgan fingerprint density at radius 1 is 1.06 bits per heavy atom. The number of hydrogen-bond donors (Lipinski definition) is 1. The molecule has 6 heterocycles. The maximum Gasteiger partial charge on any atom is 0.136 e. The van der Waals surface area contributed by atoms with Crippen molar-refractivity contribution in [1.82, 2.24) is 29.6 Å². The molecule has 0 radical (unpaired) electrons. The molecule has 8 rings (SSSR count). The van der Waals surface area contributed by atoms with Gasteiger partial charge in [-0.05, 0) is 113 Å². The summed E-state index contributed by atoms with van der Waals surface area (Å²) in [5.74, 6) is 2.17. The molecule has 0 bridgehead atoms. The van der Waals surface area contributed by atoms with E-state index in [4.69, 9.17) is 25.8 Å². The number of nitrogens with zero attached hydrogens (tertiary/aromatic N) is 8. The van der Waals surface area contributed by atoms with E-state index >= 15 is 0 Å². The predicted octanol–water partition coefficient (Wildman–Crippen LogP) is 7.28. The molecule has 4 aromatic rings. The number of aromatic nitrogens is 5. The van der Waals surface area contributed by atoms with Gasteiger partial charge in [0.1, 0.15) is 29.6 Å². The summed E-state index contributed by atoms with van der Waals surface area (Å²) in [6.07, 6.45) is 9.10. The molecule has 0 spiro atoms. The summed E-state index contributed by atoms with van der Waals surface area (Å²) in [6.45, 7) is 12.9. The van der Waals surface area contributed by atoms with Crippen molar-refractivity contribution in [3.8, 4) is 17.5 Å². The van der Waals surface area contributed by atoms with E-state index in [0.717, 1.165) is 118 Å². The number of alkyl halides is 1. The first-order valence-electron chi connectivity index (χ1n) is 19.0.